The lowest BCUT2D eigenvalue weighted by Gasteiger charge is -2.08. The third kappa shape index (κ3) is 2.48. The molecule has 0 atom stereocenters. The molecule has 0 unspecified atom stereocenters. The second-order valence-corrected chi connectivity index (χ2v) is 7.05. The number of hydrogen-bond acceptors (Lipinski definition) is 3. The van der Waals surface area contributed by atoms with Crippen molar-refractivity contribution in [3.05, 3.63) is 66.7 Å². The van der Waals surface area contributed by atoms with Gasteiger partial charge in [0.25, 0.3) is 10.0 Å². The van der Waals surface area contributed by atoms with Gasteiger partial charge < -0.3 is 4.98 Å². The molecule has 0 aliphatic rings. The van der Waals surface area contributed by atoms with Crippen LogP contribution in [0.3, 0.4) is 0 Å². The highest BCUT2D eigenvalue weighted by atomic mass is 32.2. The topological polar surface area (TPSA) is 74.8 Å². The smallest absolute Gasteiger partial charge is 0.261 e. The Hall–Kier alpha value is -2.93. The van der Waals surface area contributed by atoms with Gasteiger partial charge in [0, 0.05) is 39.9 Å². The molecule has 2 aromatic carbocycles. The molecule has 4 aromatic rings. The monoisotopic (exact) mass is 341 g/mol. The molecule has 0 spiro atoms. The molecule has 4 rings (SSSR count). The van der Waals surface area contributed by atoms with Crippen molar-refractivity contribution >= 4 is 37.5 Å². The van der Waals surface area contributed by atoms with Gasteiger partial charge in [-0.3, -0.25) is 9.71 Å². The summed E-state index contributed by atoms with van der Waals surface area (Å²) in [5.41, 5.74) is 2.25. The van der Waals surface area contributed by atoms with Crippen molar-refractivity contribution in [1.82, 2.24) is 9.97 Å². The summed E-state index contributed by atoms with van der Waals surface area (Å²) in [6.07, 6.45) is 3.42. The summed E-state index contributed by atoms with van der Waals surface area (Å²) in [6.45, 7) is 0. The fourth-order valence-corrected chi connectivity index (χ4v) is 3.68. The number of aromatic nitrogens is 2. The van der Waals surface area contributed by atoms with Crippen molar-refractivity contribution in [3.8, 4) is 0 Å². The predicted octanol–water partition coefficient (Wildman–Crippen LogP) is 3.66. The van der Waals surface area contributed by atoms with E-state index in [1.165, 1.54) is 12.1 Å². The molecule has 0 radical (unpaired) electrons. The number of H-pyrrole nitrogens is 1. The molecule has 0 fully saturated rings. The van der Waals surface area contributed by atoms with Gasteiger partial charge in [-0.25, -0.2) is 12.8 Å². The number of halogens is 1. The Morgan fingerprint density at radius 3 is 2.50 bits per heavy atom. The fourth-order valence-electron chi connectivity index (χ4n) is 2.63. The van der Waals surface area contributed by atoms with Crippen LogP contribution in [0.15, 0.2) is 65.8 Å². The third-order valence-electron chi connectivity index (χ3n) is 3.78. The Morgan fingerprint density at radius 1 is 0.958 bits per heavy atom. The van der Waals surface area contributed by atoms with E-state index in [0.717, 1.165) is 33.9 Å². The summed E-state index contributed by atoms with van der Waals surface area (Å²) >= 11 is 0. The van der Waals surface area contributed by atoms with E-state index in [2.05, 4.69) is 14.7 Å². The van der Waals surface area contributed by atoms with Crippen molar-refractivity contribution in [2.75, 3.05) is 4.72 Å². The highest BCUT2D eigenvalue weighted by Gasteiger charge is 2.15. The highest BCUT2D eigenvalue weighted by Crippen LogP contribution is 2.28. The number of aromatic amines is 1. The lowest BCUT2D eigenvalue weighted by Crippen LogP contribution is -2.12. The molecule has 120 valence electrons. The van der Waals surface area contributed by atoms with Crippen LogP contribution in [0, 0.1) is 5.82 Å². The third-order valence-corrected chi connectivity index (χ3v) is 5.17. The van der Waals surface area contributed by atoms with E-state index in [9.17, 15) is 12.8 Å². The molecule has 24 heavy (non-hydrogen) atoms. The van der Waals surface area contributed by atoms with Crippen molar-refractivity contribution in [2.45, 2.75) is 4.90 Å². The maximum absolute atomic E-state index is 13.0. The maximum Gasteiger partial charge on any atom is 0.261 e. The Labute approximate surface area is 137 Å². The molecular weight excluding hydrogens is 329 g/mol. The van der Waals surface area contributed by atoms with Gasteiger partial charge in [-0.2, -0.15) is 0 Å². The standard InChI is InChI=1S/C17H12FN3O2S/c18-11-1-4-13(5-2-11)24(22,23)21-12-3-6-16-14(9-12)15-10-19-8-7-17(15)20-16/h1-10,20-21H. The first-order valence-corrected chi connectivity index (χ1v) is 8.65. The zero-order valence-corrected chi connectivity index (χ0v) is 13.1. The summed E-state index contributed by atoms with van der Waals surface area (Å²) in [5.74, 6) is -0.485. The number of hydrogen-bond donors (Lipinski definition) is 2. The lowest BCUT2D eigenvalue weighted by molar-refractivity contribution is 0.599. The van der Waals surface area contributed by atoms with E-state index in [1.807, 2.05) is 6.07 Å². The Kier molecular flexibility index (Phi) is 3.24. The predicted molar refractivity (Wildman–Crippen MR) is 90.8 cm³/mol. The zero-order valence-electron chi connectivity index (χ0n) is 12.3. The van der Waals surface area contributed by atoms with E-state index in [1.54, 1.807) is 30.6 Å². The molecule has 0 bridgehead atoms. The largest absolute Gasteiger partial charge is 0.354 e. The van der Waals surface area contributed by atoms with Crippen LogP contribution in [0.4, 0.5) is 10.1 Å². The minimum Gasteiger partial charge on any atom is -0.354 e. The van der Waals surface area contributed by atoms with Gasteiger partial charge in [0.2, 0.25) is 0 Å². The first-order chi connectivity index (χ1) is 11.5. The molecule has 2 heterocycles. The minimum absolute atomic E-state index is 0.00425. The van der Waals surface area contributed by atoms with E-state index < -0.39 is 15.8 Å². The highest BCUT2D eigenvalue weighted by molar-refractivity contribution is 7.92. The molecule has 0 aliphatic heterocycles. The summed E-state index contributed by atoms with van der Waals surface area (Å²) in [6, 6.07) is 11.8. The lowest BCUT2D eigenvalue weighted by atomic mass is 10.2. The normalized spacial score (nSPS) is 11.9. The van der Waals surface area contributed by atoms with Crippen LogP contribution in [0.25, 0.3) is 21.8 Å². The zero-order chi connectivity index (χ0) is 16.7. The van der Waals surface area contributed by atoms with Crippen LogP contribution in [0.2, 0.25) is 0 Å². The van der Waals surface area contributed by atoms with Crippen LogP contribution in [-0.4, -0.2) is 18.4 Å². The molecule has 5 nitrogen and oxygen atoms in total. The van der Waals surface area contributed by atoms with Gasteiger partial charge in [0.15, 0.2) is 0 Å². The number of pyridine rings is 1. The fraction of sp³-hybridized carbons (Fsp3) is 0. The number of anilines is 1. The first kappa shape index (κ1) is 14.6. The Balaban J connectivity index is 1.76. The Bertz CT molecular complexity index is 1150. The van der Waals surface area contributed by atoms with Crippen LogP contribution in [-0.2, 0) is 10.0 Å². The van der Waals surface area contributed by atoms with Gasteiger partial charge in [-0.15, -0.1) is 0 Å². The van der Waals surface area contributed by atoms with Gasteiger partial charge in [0.1, 0.15) is 5.82 Å². The van der Waals surface area contributed by atoms with Crippen LogP contribution < -0.4 is 4.72 Å². The molecule has 0 amide bonds. The van der Waals surface area contributed by atoms with Crippen LogP contribution >= 0.6 is 0 Å². The van der Waals surface area contributed by atoms with Gasteiger partial charge in [0.05, 0.1) is 4.90 Å². The van der Waals surface area contributed by atoms with Gasteiger partial charge in [-0.05, 0) is 48.5 Å². The number of nitrogens with one attached hydrogen (secondary N) is 2. The summed E-state index contributed by atoms with van der Waals surface area (Å²) < 4.78 is 40.3. The van der Waals surface area contributed by atoms with E-state index >= 15 is 0 Å². The second-order valence-electron chi connectivity index (χ2n) is 5.37. The van der Waals surface area contributed by atoms with Gasteiger partial charge >= 0.3 is 0 Å². The SMILES string of the molecule is O=S(=O)(Nc1ccc2[nH]c3ccncc3c2c1)c1ccc(F)cc1. The summed E-state index contributed by atoms with van der Waals surface area (Å²) in [5, 5.41) is 1.78. The van der Waals surface area contributed by atoms with Crippen molar-refractivity contribution in [3.63, 3.8) is 0 Å². The molecule has 0 saturated carbocycles. The Morgan fingerprint density at radius 2 is 1.71 bits per heavy atom. The van der Waals surface area contributed by atoms with Crippen molar-refractivity contribution in [1.29, 1.82) is 0 Å². The van der Waals surface area contributed by atoms with E-state index in [0.29, 0.717) is 5.69 Å². The number of benzene rings is 2. The number of sulfonamides is 1. The van der Waals surface area contributed by atoms with E-state index in [-0.39, 0.29) is 4.90 Å². The number of nitrogens with zero attached hydrogens (tertiary/aromatic N) is 1. The van der Waals surface area contributed by atoms with Crippen molar-refractivity contribution < 1.29 is 12.8 Å². The average molecular weight is 341 g/mol. The van der Waals surface area contributed by atoms with Crippen molar-refractivity contribution in [2.24, 2.45) is 0 Å². The van der Waals surface area contributed by atoms with Crippen LogP contribution in [0.5, 0.6) is 0 Å². The maximum atomic E-state index is 13.0. The molecule has 0 aliphatic carbocycles. The first-order valence-electron chi connectivity index (χ1n) is 7.17. The molecule has 7 heteroatoms. The minimum atomic E-state index is -3.78. The van der Waals surface area contributed by atoms with Crippen LogP contribution in [0.1, 0.15) is 0 Å². The molecule has 0 saturated heterocycles. The molecular formula is C17H12FN3O2S. The average Bonchev–Trinajstić information content (AvgIpc) is 2.93. The summed E-state index contributed by atoms with van der Waals surface area (Å²) in [7, 11) is -3.78. The number of rotatable bonds is 3. The summed E-state index contributed by atoms with van der Waals surface area (Å²) in [4.78, 5) is 7.35. The quantitative estimate of drug-likeness (QED) is 0.597. The second kappa shape index (κ2) is 5.31. The number of fused-ring (bicyclic) bond motifs is 3. The molecule has 2 N–H and O–H groups in total. The molecule has 2 aromatic heterocycles. The van der Waals surface area contributed by atoms with Gasteiger partial charge in [-0.1, -0.05) is 0 Å². The van der Waals surface area contributed by atoms with E-state index in [4.69, 9.17) is 0 Å².